The van der Waals surface area contributed by atoms with Gasteiger partial charge in [0.25, 0.3) is 5.91 Å². The van der Waals surface area contributed by atoms with Crippen molar-refractivity contribution in [3.05, 3.63) is 53.7 Å². The first-order chi connectivity index (χ1) is 11.1. The van der Waals surface area contributed by atoms with Gasteiger partial charge in [0.05, 0.1) is 0 Å². The van der Waals surface area contributed by atoms with E-state index in [0.29, 0.717) is 17.3 Å². The van der Waals surface area contributed by atoms with Crippen molar-refractivity contribution in [2.45, 2.75) is 26.8 Å². The number of hydrogen-bond donors (Lipinski definition) is 2. The van der Waals surface area contributed by atoms with Crippen LogP contribution in [0.25, 0.3) is 0 Å². The van der Waals surface area contributed by atoms with E-state index in [1.54, 1.807) is 24.3 Å². The highest BCUT2D eigenvalue weighted by molar-refractivity contribution is 5.92. The Hall–Kier alpha value is -2.50. The lowest BCUT2D eigenvalue weighted by atomic mass is 10.1. The van der Waals surface area contributed by atoms with Gasteiger partial charge in [-0.2, -0.15) is 0 Å². The number of nitrogens with one attached hydrogen (secondary N) is 2. The van der Waals surface area contributed by atoms with Crippen molar-refractivity contribution in [2.75, 3.05) is 11.9 Å². The molecule has 2 N–H and O–H groups in total. The number of halogens is 1. The molecule has 0 saturated carbocycles. The second-order valence-corrected chi connectivity index (χ2v) is 5.67. The standard InChI is InChI=1S/C17H21FN4O/c1-12(2)7-8-19-16-9-15(21-11-22-16)17(23)20-10-13-5-3-4-6-14(13)18/h3-6,9,11-12H,7-8,10H2,1-2H3,(H,20,23)(H,19,21,22). The van der Waals surface area contributed by atoms with Crippen LogP contribution in [0.3, 0.4) is 0 Å². The molecule has 0 aliphatic carbocycles. The summed E-state index contributed by atoms with van der Waals surface area (Å²) in [4.78, 5) is 20.2. The van der Waals surface area contributed by atoms with Crippen molar-refractivity contribution in [3.63, 3.8) is 0 Å². The third-order valence-corrected chi connectivity index (χ3v) is 3.32. The molecule has 1 aromatic heterocycles. The zero-order valence-electron chi connectivity index (χ0n) is 13.3. The van der Waals surface area contributed by atoms with E-state index in [2.05, 4.69) is 34.4 Å². The summed E-state index contributed by atoms with van der Waals surface area (Å²) < 4.78 is 13.5. The highest BCUT2D eigenvalue weighted by atomic mass is 19.1. The number of nitrogens with zero attached hydrogens (tertiary/aromatic N) is 2. The molecule has 5 nitrogen and oxygen atoms in total. The van der Waals surface area contributed by atoms with E-state index in [1.807, 2.05) is 0 Å². The Morgan fingerprint density at radius 2 is 2.04 bits per heavy atom. The number of anilines is 1. The fourth-order valence-corrected chi connectivity index (χ4v) is 1.97. The molecule has 6 heteroatoms. The molecule has 1 aromatic carbocycles. The lowest BCUT2D eigenvalue weighted by molar-refractivity contribution is 0.0945. The van der Waals surface area contributed by atoms with Crippen LogP contribution < -0.4 is 10.6 Å². The van der Waals surface area contributed by atoms with E-state index >= 15 is 0 Å². The van der Waals surface area contributed by atoms with Gasteiger partial charge >= 0.3 is 0 Å². The quantitative estimate of drug-likeness (QED) is 0.824. The van der Waals surface area contributed by atoms with Gasteiger partial charge in [0.15, 0.2) is 0 Å². The van der Waals surface area contributed by atoms with Gasteiger partial charge in [-0.05, 0) is 18.4 Å². The Balaban J connectivity index is 1.93. The molecule has 0 unspecified atom stereocenters. The van der Waals surface area contributed by atoms with Crippen molar-refractivity contribution in [1.29, 1.82) is 0 Å². The van der Waals surface area contributed by atoms with Crippen LogP contribution in [0.5, 0.6) is 0 Å². The SMILES string of the molecule is CC(C)CCNc1cc(C(=O)NCc2ccccc2F)ncn1. The number of hydrogen-bond acceptors (Lipinski definition) is 4. The van der Waals surface area contributed by atoms with Gasteiger partial charge in [-0.15, -0.1) is 0 Å². The maximum absolute atomic E-state index is 13.5. The van der Waals surface area contributed by atoms with Gasteiger partial charge in [0.2, 0.25) is 0 Å². The predicted molar refractivity (Wildman–Crippen MR) is 87.5 cm³/mol. The van der Waals surface area contributed by atoms with E-state index in [-0.39, 0.29) is 24.0 Å². The summed E-state index contributed by atoms with van der Waals surface area (Å²) in [6.45, 7) is 5.18. The molecule has 122 valence electrons. The van der Waals surface area contributed by atoms with E-state index in [1.165, 1.54) is 12.4 Å². The first-order valence-corrected chi connectivity index (χ1v) is 7.64. The second-order valence-electron chi connectivity index (χ2n) is 5.67. The van der Waals surface area contributed by atoms with E-state index in [4.69, 9.17) is 0 Å². The maximum atomic E-state index is 13.5. The van der Waals surface area contributed by atoms with Gasteiger partial charge in [0, 0.05) is 24.7 Å². The first-order valence-electron chi connectivity index (χ1n) is 7.64. The number of carbonyl (C=O) groups excluding carboxylic acids is 1. The monoisotopic (exact) mass is 316 g/mol. The van der Waals surface area contributed by atoms with Gasteiger partial charge in [-0.3, -0.25) is 4.79 Å². The predicted octanol–water partition coefficient (Wildman–Crippen LogP) is 3.00. The number of rotatable bonds is 7. The van der Waals surface area contributed by atoms with Crippen molar-refractivity contribution in [3.8, 4) is 0 Å². The fourth-order valence-electron chi connectivity index (χ4n) is 1.97. The third-order valence-electron chi connectivity index (χ3n) is 3.32. The van der Waals surface area contributed by atoms with Crippen LogP contribution in [0.1, 0.15) is 36.3 Å². The van der Waals surface area contributed by atoms with Crippen LogP contribution in [-0.4, -0.2) is 22.4 Å². The number of aromatic nitrogens is 2. The van der Waals surface area contributed by atoms with Crippen LogP contribution in [0.2, 0.25) is 0 Å². The molecule has 1 heterocycles. The Kier molecular flexibility index (Phi) is 6.02. The van der Waals surface area contributed by atoms with E-state index in [0.717, 1.165) is 13.0 Å². The molecule has 0 aliphatic heterocycles. The summed E-state index contributed by atoms with van der Waals surface area (Å²) in [5.74, 6) is 0.499. The summed E-state index contributed by atoms with van der Waals surface area (Å²) in [5, 5.41) is 5.82. The normalized spacial score (nSPS) is 10.6. The molecule has 0 saturated heterocycles. The average Bonchev–Trinajstić information content (AvgIpc) is 2.54. The topological polar surface area (TPSA) is 66.9 Å². The molecule has 1 amide bonds. The molecule has 0 radical (unpaired) electrons. The maximum Gasteiger partial charge on any atom is 0.270 e. The van der Waals surface area contributed by atoms with Gasteiger partial charge in [-0.25, -0.2) is 14.4 Å². The number of benzene rings is 1. The van der Waals surface area contributed by atoms with Gasteiger partial charge < -0.3 is 10.6 Å². The number of amides is 1. The van der Waals surface area contributed by atoms with Crippen LogP contribution in [0, 0.1) is 11.7 Å². The van der Waals surface area contributed by atoms with Gasteiger partial charge in [0.1, 0.15) is 23.7 Å². The first kappa shape index (κ1) is 16.9. The fraction of sp³-hybridized carbons (Fsp3) is 0.353. The zero-order chi connectivity index (χ0) is 16.7. The minimum Gasteiger partial charge on any atom is -0.370 e. The molecule has 0 bridgehead atoms. The summed E-state index contributed by atoms with van der Waals surface area (Å²) in [5.41, 5.74) is 0.688. The minimum atomic E-state index is -0.359. The summed E-state index contributed by atoms with van der Waals surface area (Å²) in [6.07, 6.45) is 2.36. The third kappa shape index (κ3) is 5.32. The van der Waals surface area contributed by atoms with Crippen molar-refractivity contribution >= 4 is 11.7 Å². The van der Waals surface area contributed by atoms with Crippen LogP contribution in [0.15, 0.2) is 36.7 Å². The molecule has 0 fully saturated rings. The smallest absolute Gasteiger partial charge is 0.270 e. The molecule has 2 aromatic rings. The average molecular weight is 316 g/mol. The lowest BCUT2D eigenvalue weighted by Crippen LogP contribution is -2.24. The number of carbonyl (C=O) groups is 1. The molecular weight excluding hydrogens is 295 g/mol. The van der Waals surface area contributed by atoms with Crippen molar-refractivity contribution < 1.29 is 9.18 Å². The van der Waals surface area contributed by atoms with E-state index in [9.17, 15) is 9.18 Å². The summed E-state index contributed by atoms with van der Waals surface area (Å²) in [6, 6.07) is 7.93. The summed E-state index contributed by atoms with van der Waals surface area (Å²) >= 11 is 0. The van der Waals surface area contributed by atoms with E-state index < -0.39 is 0 Å². The van der Waals surface area contributed by atoms with Gasteiger partial charge in [-0.1, -0.05) is 32.0 Å². The molecule has 0 aliphatic rings. The highest BCUT2D eigenvalue weighted by Crippen LogP contribution is 2.08. The zero-order valence-corrected chi connectivity index (χ0v) is 13.3. The second kappa shape index (κ2) is 8.22. The van der Waals surface area contributed by atoms with Crippen molar-refractivity contribution in [1.82, 2.24) is 15.3 Å². The molecular formula is C17H21FN4O. The lowest BCUT2D eigenvalue weighted by Gasteiger charge is -2.09. The largest absolute Gasteiger partial charge is 0.370 e. The minimum absolute atomic E-state index is 0.117. The summed E-state index contributed by atoms with van der Waals surface area (Å²) in [7, 11) is 0. The van der Waals surface area contributed by atoms with Crippen LogP contribution >= 0.6 is 0 Å². The highest BCUT2D eigenvalue weighted by Gasteiger charge is 2.10. The molecule has 0 atom stereocenters. The van der Waals surface area contributed by atoms with Crippen LogP contribution in [-0.2, 0) is 6.54 Å². The van der Waals surface area contributed by atoms with Crippen molar-refractivity contribution in [2.24, 2.45) is 5.92 Å². The molecule has 0 spiro atoms. The Bertz CT molecular complexity index is 661. The Morgan fingerprint density at radius 1 is 1.26 bits per heavy atom. The molecule has 23 heavy (non-hydrogen) atoms. The Labute approximate surface area is 135 Å². The Morgan fingerprint density at radius 3 is 2.78 bits per heavy atom. The van der Waals surface area contributed by atoms with Crippen LogP contribution in [0.4, 0.5) is 10.2 Å². The molecule has 2 rings (SSSR count).